The molecular weight excluding hydrogens is 371 g/mol. The van der Waals surface area contributed by atoms with Crippen molar-refractivity contribution < 1.29 is 18.7 Å². The normalized spacial score (nSPS) is 21.9. The van der Waals surface area contributed by atoms with Crippen molar-refractivity contribution in [2.45, 2.75) is 37.7 Å². The number of benzene rings is 2. The molecule has 0 radical (unpaired) electrons. The lowest BCUT2D eigenvalue weighted by Gasteiger charge is -2.25. The largest absolute Gasteiger partial charge is 0.441 e. The monoisotopic (exact) mass is 396 g/mol. The highest BCUT2D eigenvalue weighted by Crippen LogP contribution is 2.35. The van der Waals surface area contributed by atoms with Gasteiger partial charge in [0, 0.05) is 31.6 Å². The van der Waals surface area contributed by atoms with Gasteiger partial charge in [-0.1, -0.05) is 30.3 Å². The van der Waals surface area contributed by atoms with Gasteiger partial charge in [-0.2, -0.15) is 0 Å². The van der Waals surface area contributed by atoms with E-state index in [4.69, 9.17) is 4.74 Å². The minimum atomic E-state index is -0.529. The number of amides is 2. The van der Waals surface area contributed by atoms with Crippen molar-refractivity contribution in [3.8, 4) is 0 Å². The molecule has 29 heavy (non-hydrogen) atoms. The molecule has 0 N–H and O–H groups in total. The number of ether oxygens (including phenoxy) is 1. The van der Waals surface area contributed by atoms with Gasteiger partial charge in [-0.3, -0.25) is 9.69 Å². The fourth-order valence-electron chi connectivity index (χ4n) is 4.17. The van der Waals surface area contributed by atoms with Crippen LogP contribution in [0.2, 0.25) is 0 Å². The molecule has 2 heterocycles. The van der Waals surface area contributed by atoms with Gasteiger partial charge in [0.25, 0.3) is 0 Å². The Kier molecular flexibility index (Phi) is 5.51. The number of hydrogen-bond acceptors (Lipinski definition) is 3. The predicted molar refractivity (Wildman–Crippen MR) is 108 cm³/mol. The summed E-state index contributed by atoms with van der Waals surface area (Å²) in [6, 6.07) is 15.8. The zero-order valence-electron chi connectivity index (χ0n) is 16.4. The molecule has 1 spiro atoms. The molecule has 2 amide bonds. The van der Waals surface area contributed by atoms with Gasteiger partial charge in [-0.25, -0.2) is 9.18 Å². The molecule has 2 fully saturated rings. The van der Waals surface area contributed by atoms with Crippen molar-refractivity contribution in [1.29, 1.82) is 0 Å². The molecule has 2 aromatic rings. The molecule has 2 aliphatic rings. The zero-order valence-corrected chi connectivity index (χ0v) is 16.4. The summed E-state index contributed by atoms with van der Waals surface area (Å²) in [5.74, 6) is -0.177. The van der Waals surface area contributed by atoms with Crippen LogP contribution in [0.5, 0.6) is 0 Å². The number of halogens is 1. The number of rotatable bonds is 4. The molecule has 0 bridgehead atoms. The third-order valence-corrected chi connectivity index (χ3v) is 5.83. The molecule has 0 saturated carbocycles. The van der Waals surface area contributed by atoms with Crippen molar-refractivity contribution in [3.63, 3.8) is 0 Å². The minimum Gasteiger partial charge on any atom is -0.441 e. The second-order valence-corrected chi connectivity index (χ2v) is 7.83. The first-order valence-corrected chi connectivity index (χ1v) is 10.1. The van der Waals surface area contributed by atoms with Gasteiger partial charge in [0.2, 0.25) is 5.91 Å². The molecule has 2 aromatic carbocycles. The number of hydrogen-bond donors (Lipinski definition) is 0. The Morgan fingerprint density at radius 1 is 1.03 bits per heavy atom. The quantitative estimate of drug-likeness (QED) is 0.780. The summed E-state index contributed by atoms with van der Waals surface area (Å²) in [5, 5.41) is 0. The third-order valence-electron chi connectivity index (χ3n) is 5.83. The van der Waals surface area contributed by atoms with Gasteiger partial charge >= 0.3 is 6.09 Å². The standard InChI is InChI=1S/C23H25FN2O3/c24-19-10-7-18(8-11-19)9-12-21(27)25-15-4-13-23(14-16-25)17-26(22(28)29-23)20-5-2-1-3-6-20/h1-3,5-8,10-11H,4,9,12-17H2/t23-/m0/s1. The lowest BCUT2D eigenvalue weighted by atomic mass is 9.95. The molecule has 6 heteroatoms. The van der Waals surface area contributed by atoms with Crippen molar-refractivity contribution in [2.75, 3.05) is 24.5 Å². The number of carbonyl (C=O) groups is 2. The van der Waals surface area contributed by atoms with Crippen LogP contribution in [0.4, 0.5) is 14.9 Å². The Morgan fingerprint density at radius 2 is 1.79 bits per heavy atom. The van der Waals surface area contributed by atoms with Gasteiger partial charge in [0.05, 0.1) is 6.54 Å². The number of likely N-dealkylation sites (tertiary alicyclic amines) is 1. The summed E-state index contributed by atoms with van der Waals surface area (Å²) in [5.41, 5.74) is 1.26. The van der Waals surface area contributed by atoms with E-state index in [1.807, 2.05) is 35.2 Å². The predicted octanol–water partition coefficient (Wildman–Crippen LogP) is 4.17. The highest BCUT2D eigenvalue weighted by atomic mass is 19.1. The SMILES string of the molecule is O=C(CCc1ccc(F)cc1)N1CCC[C@]2(CC1)CN(c1ccccc1)C(=O)O2. The van der Waals surface area contributed by atoms with E-state index < -0.39 is 5.60 Å². The fourth-order valence-corrected chi connectivity index (χ4v) is 4.17. The summed E-state index contributed by atoms with van der Waals surface area (Å²) in [6.45, 7) is 1.78. The zero-order chi connectivity index (χ0) is 20.3. The Morgan fingerprint density at radius 3 is 2.55 bits per heavy atom. The van der Waals surface area contributed by atoms with Crippen LogP contribution < -0.4 is 4.90 Å². The van der Waals surface area contributed by atoms with Crippen LogP contribution in [-0.4, -0.2) is 42.1 Å². The smallest absolute Gasteiger partial charge is 0.415 e. The van der Waals surface area contributed by atoms with E-state index in [1.54, 1.807) is 17.0 Å². The maximum Gasteiger partial charge on any atom is 0.415 e. The molecule has 5 nitrogen and oxygen atoms in total. The number of aryl methyl sites for hydroxylation is 1. The fraction of sp³-hybridized carbons (Fsp3) is 0.391. The van der Waals surface area contributed by atoms with Gasteiger partial charge in [0.15, 0.2) is 0 Å². The summed E-state index contributed by atoms with van der Waals surface area (Å²) in [6.07, 6.45) is 2.88. The summed E-state index contributed by atoms with van der Waals surface area (Å²) < 4.78 is 18.8. The number of anilines is 1. The second-order valence-electron chi connectivity index (χ2n) is 7.83. The van der Waals surface area contributed by atoms with E-state index in [9.17, 15) is 14.0 Å². The molecule has 0 aromatic heterocycles. The van der Waals surface area contributed by atoms with E-state index in [0.717, 1.165) is 24.1 Å². The third kappa shape index (κ3) is 4.42. The summed E-state index contributed by atoms with van der Waals surface area (Å²) >= 11 is 0. The molecule has 2 aliphatic heterocycles. The summed E-state index contributed by atoms with van der Waals surface area (Å²) in [4.78, 5) is 28.7. The van der Waals surface area contributed by atoms with Gasteiger partial charge < -0.3 is 9.64 Å². The molecule has 0 aliphatic carbocycles. The highest BCUT2D eigenvalue weighted by molar-refractivity contribution is 5.90. The molecule has 152 valence electrons. The van der Waals surface area contributed by atoms with E-state index >= 15 is 0 Å². The first-order valence-electron chi connectivity index (χ1n) is 10.1. The Hall–Kier alpha value is -2.89. The van der Waals surface area contributed by atoms with E-state index in [0.29, 0.717) is 38.9 Å². The van der Waals surface area contributed by atoms with Crippen molar-refractivity contribution >= 4 is 17.7 Å². The maximum absolute atomic E-state index is 13.0. The van der Waals surface area contributed by atoms with E-state index in [-0.39, 0.29) is 17.8 Å². The van der Waals surface area contributed by atoms with Crippen molar-refractivity contribution in [3.05, 3.63) is 66.0 Å². The first-order chi connectivity index (χ1) is 14.0. The Bertz CT molecular complexity index is 871. The Labute approximate surface area is 170 Å². The molecule has 1 atom stereocenters. The van der Waals surface area contributed by atoms with Crippen LogP contribution in [0.25, 0.3) is 0 Å². The molecular formula is C23H25FN2O3. The van der Waals surface area contributed by atoms with Crippen LogP contribution in [0, 0.1) is 5.82 Å². The molecule has 4 rings (SSSR count). The lowest BCUT2D eigenvalue weighted by molar-refractivity contribution is -0.131. The molecule has 0 unspecified atom stereocenters. The average Bonchev–Trinajstić information content (AvgIpc) is 2.92. The summed E-state index contributed by atoms with van der Waals surface area (Å²) in [7, 11) is 0. The van der Waals surface area contributed by atoms with Crippen LogP contribution in [0.15, 0.2) is 54.6 Å². The topological polar surface area (TPSA) is 49.9 Å². The average molecular weight is 396 g/mol. The number of nitrogens with zero attached hydrogens (tertiary/aromatic N) is 2. The van der Waals surface area contributed by atoms with Crippen LogP contribution >= 0.6 is 0 Å². The first kappa shape index (κ1) is 19.4. The van der Waals surface area contributed by atoms with E-state index in [1.165, 1.54) is 12.1 Å². The van der Waals surface area contributed by atoms with Crippen LogP contribution in [0.3, 0.4) is 0 Å². The van der Waals surface area contributed by atoms with Crippen LogP contribution in [-0.2, 0) is 16.0 Å². The lowest BCUT2D eigenvalue weighted by Crippen LogP contribution is -2.37. The Balaban J connectivity index is 1.35. The van der Waals surface area contributed by atoms with Crippen molar-refractivity contribution in [1.82, 2.24) is 4.90 Å². The highest BCUT2D eigenvalue weighted by Gasteiger charge is 2.46. The van der Waals surface area contributed by atoms with Gasteiger partial charge in [0.1, 0.15) is 11.4 Å². The van der Waals surface area contributed by atoms with E-state index in [2.05, 4.69) is 0 Å². The number of carbonyl (C=O) groups excluding carboxylic acids is 2. The van der Waals surface area contributed by atoms with Gasteiger partial charge in [-0.05, 0) is 49.1 Å². The van der Waals surface area contributed by atoms with Crippen LogP contribution in [0.1, 0.15) is 31.2 Å². The second kappa shape index (κ2) is 8.23. The maximum atomic E-state index is 13.0. The minimum absolute atomic E-state index is 0.0932. The molecule has 2 saturated heterocycles. The van der Waals surface area contributed by atoms with Gasteiger partial charge in [-0.15, -0.1) is 0 Å². The number of para-hydroxylation sites is 1. The van der Waals surface area contributed by atoms with Crippen molar-refractivity contribution in [2.24, 2.45) is 0 Å².